The van der Waals surface area contributed by atoms with Crippen LogP contribution >= 0.6 is 23.1 Å². The molecule has 2 aromatic heterocycles. The molecule has 0 N–H and O–H groups in total. The van der Waals surface area contributed by atoms with Crippen molar-refractivity contribution in [2.75, 3.05) is 5.75 Å². The molecule has 0 radical (unpaired) electrons. The van der Waals surface area contributed by atoms with Crippen LogP contribution in [0.5, 0.6) is 0 Å². The Balaban J connectivity index is 1.63. The first-order valence-corrected chi connectivity index (χ1v) is 10.3. The summed E-state index contributed by atoms with van der Waals surface area (Å²) in [6.45, 7) is 3.99. The molecule has 27 heavy (non-hydrogen) atoms. The minimum Gasteiger partial charge on any atom is -0.293 e. The first-order chi connectivity index (χ1) is 13.1. The number of Topliss-reactive ketones (excluding diaryl/α,β-unsaturated/α-hetero) is 1. The van der Waals surface area contributed by atoms with Crippen LogP contribution in [0.25, 0.3) is 21.5 Å². The van der Waals surface area contributed by atoms with E-state index in [0.29, 0.717) is 16.3 Å². The molecule has 0 aliphatic rings. The van der Waals surface area contributed by atoms with Crippen LogP contribution in [-0.2, 0) is 0 Å². The van der Waals surface area contributed by atoms with E-state index in [-0.39, 0.29) is 5.78 Å². The quantitative estimate of drug-likeness (QED) is 0.339. The molecule has 0 bridgehead atoms. The van der Waals surface area contributed by atoms with Gasteiger partial charge in [0.1, 0.15) is 16.2 Å². The van der Waals surface area contributed by atoms with Gasteiger partial charge in [0, 0.05) is 11.1 Å². The van der Waals surface area contributed by atoms with E-state index in [1.165, 1.54) is 11.8 Å². The predicted octanol–water partition coefficient (Wildman–Crippen LogP) is 5.35. The van der Waals surface area contributed by atoms with Crippen LogP contribution in [0.1, 0.15) is 20.9 Å². The summed E-state index contributed by atoms with van der Waals surface area (Å²) in [5.74, 6) is 0.391. The highest BCUT2D eigenvalue weighted by Gasteiger charge is 2.17. The fourth-order valence-corrected chi connectivity index (χ4v) is 4.57. The lowest BCUT2D eigenvalue weighted by atomic mass is 10.1. The number of nitrogens with zero attached hydrogens (tertiary/aromatic N) is 3. The third kappa shape index (κ3) is 3.77. The van der Waals surface area contributed by atoms with Crippen molar-refractivity contribution in [3.8, 4) is 11.3 Å². The largest absolute Gasteiger partial charge is 0.293 e. The monoisotopic (exact) mass is 391 g/mol. The number of thiazole rings is 1. The summed E-state index contributed by atoms with van der Waals surface area (Å²) in [6, 6.07) is 17.6. The fraction of sp³-hybridized carbons (Fsp3) is 0.143. The highest BCUT2D eigenvalue weighted by Crippen LogP contribution is 2.35. The molecule has 4 rings (SSSR count). The standard InChI is InChI=1S/C21H17N3OS2/c1-13-8-10-15(11-9-13)17(25)12-26-21-19-20(27-14(2)22-19)18(23-24-21)16-6-4-3-5-7-16/h3-11H,12H2,1-2H3. The average molecular weight is 392 g/mol. The zero-order chi connectivity index (χ0) is 18.8. The number of carbonyl (C=O) groups excluding carboxylic acids is 1. The van der Waals surface area contributed by atoms with Gasteiger partial charge in [-0.05, 0) is 13.8 Å². The summed E-state index contributed by atoms with van der Waals surface area (Å²) < 4.78 is 1.01. The molecule has 0 fully saturated rings. The minimum atomic E-state index is 0.0778. The van der Waals surface area contributed by atoms with E-state index < -0.39 is 0 Å². The topological polar surface area (TPSA) is 55.7 Å². The van der Waals surface area contributed by atoms with E-state index in [4.69, 9.17) is 0 Å². The number of carbonyl (C=O) groups is 1. The molecule has 0 aliphatic heterocycles. The van der Waals surface area contributed by atoms with Crippen molar-refractivity contribution in [1.29, 1.82) is 0 Å². The van der Waals surface area contributed by atoms with Crippen molar-refractivity contribution in [2.24, 2.45) is 0 Å². The van der Waals surface area contributed by atoms with E-state index in [1.54, 1.807) is 11.3 Å². The van der Waals surface area contributed by atoms with Gasteiger partial charge in [0.15, 0.2) is 5.78 Å². The van der Waals surface area contributed by atoms with Crippen molar-refractivity contribution in [2.45, 2.75) is 18.9 Å². The Hall–Kier alpha value is -2.57. The van der Waals surface area contributed by atoms with Crippen molar-refractivity contribution >= 4 is 39.1 Å². The Morgan fingerprint density at radius 2 is 1.74 bits per heavy atom. The van der Waals surface area contributed by atoms with Gasteiger partial charge in [-0.3, -0.25) is 4.79 Å². The second-order valence-electron chi connectivity index (χ2n) is 6.21. The molecule has 0 amide bonds. The Bertz CT molecular complexity index is 1110. The van der Waals surface area contributed by atoms with Gasteiger partial charge in [-0.2, -0.15) is 0 Å². The third-order valence-corrected chi connectivity index (χ3v) is 6.09. The van der Waals surface area contributed by atoms with Crippen LogP contribution in [0.2, 0.25) is 0 Å². The number of fused-ring (bicyclic) bond motifs is 1. The van der Waals surface area contributed by atoms with Crippen molar-refractivity contribution < 1.29 is 4.79 Å². The summed E-state index contributed by atoms with van der Waals surface area (Å²) in [6.07, 6.45) is 0. The van der Waals surface area contributed by atoms with Crippen molar-refractivity contribution in [3.63, 3.8) is 0 Å². The van der Waals surface area contributed by atoms with Crippen molar-refractivity contribution in [1.82, 2.24) is 15.2 Å². The highest BCUT2D eigenvalue weighted by molar-refractivity contribution is 8.00. The Morgan fingerprint density at radius 3 is 2.48 bits per heavy atom. The maximum absolute atomic E-state index is 12.5. The molecule has 4 nitrogen and oxygen atoms in total. The molecular weight excluding hydrogens is 374 g/mol. The smallest absolute Gasteiger partial charge is 0.173 e. The Kier molecular flexibility index (Phi) is 5.01. The number of aryl methyl sites for hydroxylation is 2. The lowest BCUT2D eigenvalue weighted by Crippen LogP contribution is -2.03. The van der Waals surface area contributed by atoms with E-state index in [0.717, 1.165) is 32.0 Å². The number of thioether (sulfide) groups is 1. The molecule has 6 heteroatoms. The van der Waals surface area contributed by atoms with Crippen LogP contribution in [-0.4, -0.2) is 26.7 Å². The predicted molar refractivity (Wildman–Crippen MR) is 112 cm³/mol. The van der Waals surface area contributed by atoms with Crippen LogP contribution < -0.4 is 0 Å². The maximum Gasteiger partial charge on any atom is 0.173 e. The van der Waals surface area contributed by atoms with Crippen LogP contribution in [0.15, 0.2) is 59.6 Å². The molecule has 134 valence electrons. The number of benzene rings is 2. The second-order valence-corrected chi connectivity index (χ2v) is 8.38. The molecular formula is C21H17N3OS2. The van der Waals surface area contributed by atoms with Crippen LogP contribution in [0.3, 0.4) is 0 Å². The van der Waals surface area contributed by atoms with Gasteiger partial charge in [0.2, 0.25) is 0 Å². The van der Waals surface area contributed by atoms with E-state index in [1.807, 2.05) is 68.4 Å². The summed E-state index contributed by atoms with van der Waals surface area (Å²) in [5.41, 5.74) is 4.54. The molecule has 0 aliphatic carbocycles. The van der Waals surface area contributed by atoms with E-state index in [2.05, 4.69) is 15.2 Å². The SMILES string of the molecule is Cc1ccc(C(=O)CSc2nnc(-c3ccccc3)c3sc(C)nc23)cc1. The van der Waals surface area contributed by atoms with Crippen LogP contribution in [0, 0.1) is 13.8 Å². The minimum absolute atomic E-state index is 0.0778. The van der Waals surface area contributed by atoms with Gasteiger partial charge >= 0.3 is 0 Å². The number of rotatable bonds is 5. The zero-order valence-electron chi connectivity index (χ0n) is 15.0. The fourth-order valence-electron chi connectivity index (χ4n) is 2.76. The van der Waals surface area contributed by atoms with Gasteiger partial charge in [-0.15, -0.1) is 21.5 Å². The molecule has 2 heterocycles. The van der Waals surface area contributed by atoms with Gasteiger partial charge < -0.3 is 0 Å². The Morgan fingerprint density at radius 1 is 1.00 bits per heavy atom. The zero-order valence-corrected chi connectivity index (χ0v) is 16.6. The summed E-state index contributed by atoms with van der Waals surface area (Å²) >= 11 is 3.00. The van der Waals surface area contributed by atoms with Gasteiger partial charge in [0.25, 0.3) is 0 Å². The van der Waals surface area contributed by atoms with E-state index in [9.17, 15) is 4.79 Å². The third-order valence-electron chi connectivity index (χ3n) is 4.15. The molecule has 0 unspecified atom stereocenters. The lowest BCUT2D eigenvalue weighted by Gasteiger charge is -2.05. The molecule has 4 aromatic rings. The maximum atomic E-state index is 12.5. The first kappa shape index (κ1) is 17.8. The first-order valence-electron chi connectivity index (χ1n) is 8.54. The molecule has 2 aromatic carbocycles. The molecule has 0 saturated heterocycles. The molecule has 0 saturated carbocycles. The second kappa shape index (κ2) is 7.58. The van der Waals surface area contributed by atoms with Crippen molar-refractivity contribution in [3.05, 3.63) is 70.7 Å². The summed E-state index contributed by atoms with van der Waals surface area (Å²) in [7, 11) is 0. The summed E-state index contributed by atoms with van der Waals surface area (Å²) in [5, 5.41) is 10.5. The van der Waals surface area contributed by atoms with E-state index >= 15 is 0 Å². The number of ketones is 1. The van der Waals surface area contributed by atoms with Gasteiger partial charge in [0.05, 0.1) is 15.5 Å². The molecule has 0 spiro atoms. The Labute approximate surface area is 165 Å². The highest BCUT2D eigenvalue weighted by atomic mass is 32.2. The van der Waals surface area contributed by atoms with Gasteiger partial charge in [-0.25, -0.2) is 4.98 Å². The number of aromatic nitrogens is 3. The number of hydrogen-bond donors (Lipinski definition) is 0. The summed E-state index contributed by atoms with van der Waals surface area (Å²) in [4.78, 5) is 17.1. The normalized spacial score (nSPS) is 11.0. The lowest BCUT2D eigenvalue weighted by molar-refractivity contribution is 0.102. The average Bonchev–Trinajstić information content (AvgIpc) is 3.08. The number of hydrogen-bond acceptors (Lipinski definition) is 6. The van der Waals surface area contributed by atoms with Gasteiger partial charge in [-0.1, -0.05) is 71.9 Å². The van der Waals surface area contributed by atoms with Crippen LogP contribution in [0.4, 0.5) is 0 Å². The molecule has 0 atom stereocenters.